The van der Waals surface area contributed by atoms with E-state index in [1.54, 1.807) is 0 Å². The molecule has 0 aliphatic heterocycles. The van der Waals surface area contributed by atoms with Crippen molar-refractivity contribution >= 4 is 17.2 Å². The number of nitrogen functional groups attached to an aromatic ring is 1. The van der Waals surface area contributed by atoms with E-state index in [1.807, 2.05) is 17.6 Å². The lowest BCUT2D eigenvalue weighted by Crippen LogP contribution is -1.93. The Labute approximate surface area is 99.4 Å². The van der Waals surface area contributed by atoms with Crippen LogP contribution < -0.4 is 5.73 Å². The highest BCUT2D eigenvalue weighted by atomic mass is 32.1. The summed E-state index contributed by atoms with van der Waals surface area (Å²) < 4.78 is 0. The van der Waals surface area contributed by atoms with Crippen LogP contribution in [-0.2, 0) is 0 Å². The maximum Gasteiger partial charge on any atom is 0.144 e. The zero-order valence-corrected chi connectivity index (χ0v) is 10.3. The van der Waals surface area contributed by atoms with Crippen LogP contribution in [0.25, 0.3) is 10.7 Å². The van der Waals surface area contributed by atoms with Crippen LogP contribution in [-0.4, -0.2) is 9.97 Å². The molecular weight excluding hydrogens is 218 g/mol. The SMILES string of the molecule is CCC(C)c1ccc(-c2nc(N)cs2)nc1. The fraction of sp³-hybridized carbons (Fsp3) is 0.333. The van der Waals surface area contributed by atoms with E-state index in [9.17, 15) is 0 Å². The molecule has 0 saturated carbocycles. The van der Waals surface area contributed by atoms with Gasteiger partial charge in [0.15, 0.2) is 0 Å². The molecule has 0 fully saturated rings. The maximum atomic E-state index is 5.59. The highest BCUT2D eigenvalue weighted by molar-refractivity contribution is 7.13. The van der Waals surface area contributed by atoms with Gasteiger partial charge in [-0.15, -0.1) is 11.3 Å². The molecule has 0 radical (unpaired) electrons. The number of hydrogen-bond acceptors (Lipinski definition) is 4. The third-order valence-electron chi connectivity index (χ3n) is 2.71. The van der Waals surface area contributed by atoms with Crippen molar-refractivity contribution in [1.29, 1.82) is 0 Å². The molecule has 0 aliphatic rings. The molecular formula is C12H15N3S. The van der Waals surface area contributed by atoms with Crippen molar-refractivity contribution in [2.24, 2.45) is 0 Å². The molecule has 84 valence electrons. The van der Waals surface area contributed by atoms with Crippen molar-refractivity contribution in [3.8, 4) is 10.7 Å². The van der Waals surface area contributed by atoms with E-state index in [0.717, 1.165) is 17.1 Å². The average molecular weight is 233 g/mol. The zero-order chi connectivity index (χ0) is 11.5. The van der Waals surface area contributed by atoms with Gasteiger partial charge < -0.3 is 5.73 Å². The lowest BCUT2D eigenvalue weighted by Gasteiger charge is -2.07. The summed E-state index contributed by atoms with van der Waals surface area (Å²) in [5, 5.41) is 2.72. The molecule has 0 spiro atoms. The largest absolute Gasteiger partial charge is 0.383 e. The molecule has 0 amide bonds. The first-order valence-corrected chi connectivity index (χ1v) is 6.26. The van der Waals surface area contributed by atoms with Crippen LogP contribution in [0.2, 0.25) is 0 Å². The second-order valence-electron chi connectivity index (χ2n) is 3.86. The number of rotatable bonds is 3. The number of anilines is 1. The minimum atomic E-state index is 0.558. The monoisotopic (exact) mass is 233 g/mol. The van der Waals surface area contributed by atoms with Gasteiger partial charge >= 0.3 is 0 Å². The summed E-state index contributed by atoms with van der Waals surface area (Å²) in [5.74, 6) is 1.12. The van der Waals surface area contributed by atoms with Gasteiger partial charge in [0, 0.05) is 11.6 Å². The Balaban J connectivity index is 2.25. The lowest BCUT2D eigenvalue weighted by molar-refractivity contribution is 0.730. The van der Waals surface area contributed by atoms with Crippen LogP contribution in [0.15, 0.2) is 23.7 Å². The Morgan fingerprint density at radius 3 is 2.75 bits per heavy atom. The predicted octanol–water partition coefficient (Wildman–Crippen LogP) is 3.30. The van der Waals surface area contributed by atoms with E-state index in [0.29, 0.717) is 11.7 Å². The first kappa shape index (κ1) is 11.1. The van der Waals surface area contributed by atoms with Crippen LogP contribution in [0.5, 0.6) is 0 Å². The minimum absolute atomic E-state index is 0.558. The molecule has 4 heteroatoms. The molecule has 0 aliphatic carbocycles. The fourth-order valence-corrected chi connectivity index (χ4v) is 2.15. The van der Waals surface area contributed by atoms with Crippen molar-refractivity contribution < 1.29 is 0 Å². The van der Waals surface area contributed by atoms with Gasteiger partial charge in [-0.1, -0.05) is 19.9 Å². The van der Waals surface area contributed by atoms with Crippen molar-refractivity contribution in [1.82, 2.24) is 9.97 Å². The molecule has 2 aromatic heterocycles. The van der Waals surface area contributed by atoms with Gasteiger partial charge in [0.05, 0.1) is 5.69 Å². The summed E-state index contributed by atoms with van der Waals surface area (Å²) in [7, 11) is 0. The van der Waals surface area contributed by atoms with Gasteiger partial charge in [-0.3, -0.25) is 4.98 Å². The minimum Gasteiger partial charge on any atom is -0.383 e. The summed E-state index contributed by atoms with van der Waals surface area (Å²) in [6.45, 7) is 4.39. The Bertz CT molecular complexity index is 461. The summed E-state index contributed by atoms with van der Waals surface area (Å²) in [4.78, 5) is 8.63. The number of thiazole rings is 1. The Morgan fingerprint density at radius 2 is 2.25 bits per heavy atom. The first-order chi connectivity index (χ1) is 7.70. The molecule has 0 aromatic carbocycles. The Hall–Kier alpha value is -1.42. The van der Waals surface area contributed by atoms with Gasteiger partial charge in [0.2, 0.25) is 0 Å². The first-order valence-electron chi connectivity index (χ1n) is 5.38. The van der Waals surface area contributed by atoms with Gasteiger partial charge in [-0.05, 0) is 24.0 Å². The number of nitrogens with zero attached hydrogens (tertiary/aromatic N) is 2. The van der Waals surface area contributed by atoms with E-state index in [2.05, 4.69) is 29.9 Å². The summed E-state index contributed by atoms with van der Waals surface area (Å²) in [5.41, 5.74) is 7.76. The van der Waals surface area contributed by atoms with Gasteiger partial charge in [-0.2, -0.15) is 0 Å². The van der Waals surface area contributed by atoms with E-state index < -0.39 is 0 Å². The Kier molecular flexibility index (Phi) is 3.19. The van der Waals surface area contributed by atoms with Crippen LogP contribution >= 0.6 is 11.3 Å². The highest BCUT2D eigenvalue weighted by Crippen LogP contribution is 2.24. The zero-order valence-electron chi connectivity index (χ0n) is 9.47. The molecule has 0 saturated heterocycles. The molecule has 2 rings (SSSR count). The molecule has 16 heavy (non-hydrogen) atoms. The third-order valence-corrected chi connectivity index (χ3v) is 3.59. The summed E-state index contributed by atoms with van der Waals surface area (Å²) in [6, 6.07) is 4.13. The quantitative estimate of drug-likeness (QED) is 0.885. The normalized spacial score (nSPS) is 12.6. The van der Waals surface area contributed by atoms with Crippen molar-refractivity contribution in [2.45, 2.75) is 26.2 Å². The molecule has 2 N–H and O–H groups in total. The molecule has 2 aromatic rings. The standard InChI is InChI=1S/C12H15N3S/c1-3-8(2)9-4-5-10(14-6-9)12-15-11(13)7-16-12/h4-8H,3,13H2,1-2H3. The van der Waals surface area contributed by atoms with Crippen LogP contribution in [0.1, 0.15) is 31.7 Å². The van der Waals surface area contributed by atoms with E-state index >= 15 is 0 Å². The topological polar surface area (TPSA) is 51.8 Å². The van der Waals surface area contributed by atoms with Crippen molar-refractivity contribution in [2.75, 3.05) is 5.73 Å². The van der Waals surface area contributed by atoms with Crippen molar-refractivity contribution in [3.63, 3.8) is 0 Å². The predicted molar refractivity (Wildman–Crippen MR) is 68.5 cm³/mol. The molecule has 1 atom stereocenters. The Morgan fingerprint density at radius 1 is 1.44 bits per heavy atom. The van der Waals surface area contributed by atoms with Gasteiger partial charge in [0.25, 0.3) is 0 Å². The second-order valence-corrected chi connectivity index (χ2v) is 4.72. The fourth-order valence-electron chi connectivity index (χ4n) is 1.46. The van der Waals surface area contributed by atoms with Crippen LogP contribution in [0.3, 0.4) is 0 Å². The second kappa shape index (κ2) is 4.61. The maximum absolute atomic E-state index is 5.59. The van der Waals surface area contributed by atoms with Crippen molar-refractivity contribution in [3.05, 3.63) is 29.3 Å². The molecule has 3 nitrogen and oxygen atoms in total. The van der Waals surface area contributed by atoms with E-state index in [-0.39, 0.29) is 0 Å². The number of aromatic nitrogens is 2. The third kappa shape index (κ3) is 2.22. The number of nitrogens with two attached hydrogens (primary N) is 1. The van der Waals surface area contributed by atoms with Gasteiger partial charge in [-0.25, -0.2) is 4.98 Å². The van der Waals surface area contributed by atoms with Crippen LogP contribution in [0, 0.1) is 0 Å². The summed E-state index contributed by atoms with van der Waals surface area (Å²) in [6.07, 6.45) is 3.06. The van der Waals surface area contributed by atoms with Gasteiger partial charge in [0.1, 0.15) is 10.8 Å². The highest BCUT2D eigenvalue weighted by Gasteiger charge is 2.06. The van der Waals surface area contributed by atoms with E-state index in [1.165, 1.54) is 16.9 Å². The molecule has 2 heterocycles. The van der Waals surface area contributed by atoms with Crippen LogP contribution in [0.4, 0.5) is 5.82 Å². The molecule has 0 bridgehead atoms. The smallest absolute Gasteiger partial charge is 0.144 e. The molecule has 1 unspecified atom stereocenters. The summed E-state index contributed by atoms with van der Waals surface area (Å²) >= 11 is 1.52. The van der Waals surface area contributed by atoms with E-state index in [4.69, 9.17) is 5.73 Å². The lowest BCUT2D eigenvalue weighted by atomic mass is 10.0. The number of hydrogen-bond donors (Lipinski definition) is 1. The number of pyridine rings is 1. The average Bonchev–Trinajstić information content (AvgIpc) is 2.75.